The van der Waals surface area contributed by atoms with Gasteiger partial charge in [0.1, 0.15) is 9.88 Å². The van der Waals surface area contributed by atoms with Crippen LogP contribution in [0.15, 0.2) is 30.5 Å². The number of anilines is 3. The minimum Gasteiger partial charge on any atom is -0.494 e. The van der Waals surface area contributed by atoms with Crippen LogP contribution in [0.4, 0.5) is 17.2 Å². The average molecular weight is 527 g/mol. The van der Waals surface area contributed by atoms with E-state index >= 15 is 0 Å². The third-order valence-corrected chi connectivity index (χ3v) is 6.62. The highest BCUT2D eigenvalue weighted by molar-refractivity contribution is 7.17. The van der Waals surface area contributed by atoms with Crippen LogP contribution in [0.2, 0.25) is 0 Å². The Bertz CT molecular complexity index is 1410. The van der Waals surface area contributed by atoms with E-state index in [-0.39, 0.29) is 34.9 Å². The van der Waals surface area contributed by atoms with Gasteiger partial charge in [-0.05, 0) is 31.4 Å². The second kappa shape index (κ2) is 11.8. The van der Waals surface area contributed by atoms with Gasteiger partial charge in [-0.15, -0.1) is 21.5 Å². The number of carbonyl (C=O) groups excluding carboxylic acids is 3. The highest BCUT2D eigenvalue weighted by atomic mass is 32.1. The molecule has 4 rings (SSSR count). The molecule has 1 aromatic carbocycles. The summed E-state index contributed by atoms with van der Waals surface area (Å²) in [4.78, 5) is 42.3. The Morgan fingerprint density at radius 3 is 2.76 bits per heavy atom. The number of thiazole rings is 1. The smallest absolute Gasteiger partial charge is 0.273 e. The lowest BCUT2D eigenvalue weighted by Crippen LogP contribution is -2.23. The number of carbonyl (C=O) groups is 3. The van der Waals surface area contributed by atoms with Gasteiger partial charge in [-0.2, -0.15) is 0 Å². The van der Waals surface area contributed by atoms with Gasteiger partial charge in [-0.3, -0.25) is 14.4 Å². The molecule has 1 aliphatic carbocycles. The van der Waals surface area contributed by atoms with Crippen molar-refractivity contribution in [2.24, 2.45) is 5.92 Å². The van der Waals surface area contributed by atoms with Gasteiger partial charge in [0.05, 0.1) is 30.2 Å². The number of nitrogens with one attached hydrogen (secondary N) is 4. The molecule has 2 heterocycles. The maximum absolute atomic E-state index is 12.7. The molecule has 194 valence electrons. The maximum atomic E-state index is 12.7. The van der Waals surface area contributed by atoms with Gasteiger partial charge in [0.2, 0.25) is 5.91 Å². The summed E-state index contributed by atoms with van der Waals surface area (Å²) >= 11 is 1.20. The first-order chi connectivity index (χ1) is 19.1. The molecule has 0 aliphatic heterocycles. The zero-order chi connectivity index (χ0) is 28.9. The molecule has 11 nitrogen and oxygen atoms in total. The quantitative estimate of drug-likeness (QED) is 0.277. The number of hydrogen-bond acceptors (Lipinski definition) is 9. The predicted octanol–water partition coefficient (Wildman–Crippen LogP) is 3.59. The largest absolute Gasteiger partial charge is 0.494 e. The normalized spacial score (nSPS) is 14.1. The van der Waals surface area contributed by atoms with E-state index < -0.39 is 12.9 Å². The molecule has 0 spiro atoms. The van der Waals surface area contributed by atoms with Crippen LogP contribution < -0.4 is 26.0 Å². The van der Waals surface area contributed by atoms with Crippen LogP contribution in [0.1, 0.15) is 56.9 Å². The van der Waals surface area contributed by atoms with Crippen LogP contribution in [0, 0.1) is 5.92 Å². The second-order valence-corrected chi connectivity index (χ2v) is 9.39. The summed E-state index contributed by atoms with van der Waals surface area (Å²) in [6.07, 6.45) is 4.91. The van der Waals surface area contributed by atoms with Gasteiger partial charge in [-0.1, -0.05) is 19.4 Å². The highest BCUT2D eigenvalue weighted by Crippen LogP contribution is 2.40. The molecule has 1 saturated carbocycles. The van der Waals surface area contributed by atoms with E-state index in [1.54, 1.807) is 18.2 Å². The number of unbranched alkanes of at least 4 members (excludes halogenated alkanes) is 1. The van der Waals surface area contributed by atoms with Crippen LogP contribution in [0.5, 0.6) is 5.75 Å². The lowest BCUT2D eigenvalue weighted by molar-refractivity contribution is -0.117. The van der Waals surface area contributed by atoms with Gasteiger partial charge in [0.15, 0.2) is 17.3 Å². The number of benzene rings is 1. The Balaban J connectivity index is 1.66. The average Bonchev–Trinajstić information content (AvgIpc) is 3.64. The van der Waals surface area contributed by atoms with Crippen molar-refractivity contribution in [1.29, 1.82) is 0 Å². The highest BCUT2D eigenvalue weighted by Gasteiger charge is 2.30. The van der Waals surface area contributed by atoms with Gasteiger partial charge >= 0.3 is 0 Å². The number of amides is 3. The summed E-state index contributed by atoms with van der Waals surface area (Å²) in [5.41, 5.74) is 0.782. The van der Waals surface area contributed by atoms with E-state index in [1.807, 2.05) is 12.2 Å². The van der Waals surface area contributed by atoms with E-state index in [4.69, 9.17) is 8.85 Å². The van der Waals surface area contributed by atoms with Crippen molar-refractivity contribution in [2.45, 2.75) is 32.6 Å². The summed E-state index contributed by atoms with van der Waals surface area (Å²) in [6, 6.07) is 6.59. The topological polar surface area (TPSA) is 147 Å². The van der Waals surface area contributed by atoms with E-state index in [0.29, 0.717) is 33.4 Å². The third-order valence-electron chi connectivity index (χ3n) is 5.59. The SMILES string of the molecule is [2H]C([2H])([2H])NC(=O)c1nnc(NC(=O)C2CC2)cc1Nc1cccc(-c2ncc(C(=O)NCCCC)s2)c1OC. The zero-order valence-corrected chi connectivity index (χ0v) is 21.2. The molecular weight excluding hydrogens is 494 g/mol. The van der Waals surface area contributed by atoms with Crippen LogP contribution >= 0.6 is 11.3 Å². The zero-order valence-electron chi connectivity index (χ0n) is 23.4. The summed E-state index contributed by atoms with van der Waals surface area (Å²) in [5.74, 6) is -1.04. The summed E-state index contributed by atoms with van der Waals surface area (Å²) < 4.78 is 27.8. The molecule has 4 N–H and O–H groups in total. The Kier molecular flexibility index (Phi) is 7.06. The van der Waals surface area contributed by atoms with E-state index in [0.717, 1.165) is 25.7 Å². The molecular formula is C25H29N7O4S. The fourth-order valence-corrected chi connectivity index (χ4v) is 4.34. The van der Waals surface area contributed by atoms with Gasteiger partial charge < -0.3 is 26.0 Å². The number of ether oxygens (including phenoxy) is 1. The van der Waals surface area contributed by atoms with Crippen molar-refractivity contribution < 1.29 is 23.2 Å². The fraction of sp³-hybridized carbons (Fsp3) is 0.360. The molecule has 12 heteroatoms. The molecule has 0 atom stereocenters. The molecule has 0 unspecified atom stereocenters. The number of para-hydroxylation sites is 1. The van der Waals surface area contributed by atoms with Crippen molar-refractivity contribution in [1.82, 2.24) is 25.8 Å². The molecule has 37 heavy (non-hydrogen) atoms. The number of rotatable bonds is 11. The van der Waals surface area contributed by atoms with E-state index in [2.05, 4.69) is 31.1 Å². The number of hydrogen-bond donors (Lipinski definition) is 4. The van der Waals surface area contributed by atoms with Crippen molar-refractivity contribution in [3.63, 3.8) is 0 Å². The summed E-state index contributed by atoms with van der Waals surface area (Å²) in [7, 11) is 1.46. The lowest BCUT2D eigenvalue weighted by Gasteiger charge is -2.16. The number of methoxy groups -OCH3 is 1. The lowest BCUT2D eigenvalue weighted by atomic mass is 10.1. The molecule has 0 bridgehead atoms. The molecule has 0 saturated heterocycles. The number of nitrogens with zero attached hydrogens (tertiary/aromatic N) is 3. The first-order valence-corrected chi connectivity index (χ1v) is 12.6. The fourth-order valence-electron chi connectivity index (χ4n) is 3.49. The first kappa shape index (κ1) is 22.2. The summed E-state index contributed by atoms with van der Waals surface area (Å²) in [6.45, 7) is -0.135. The first-order valence-electron chi connectivity index (χ1n) is 13.3. The van der Waals surface area contributed by atoms with Crippen LogP contribution in [0.25, 0.3) is 10.6 Å². The molecule has 0 radical (unpaired) electrons. The molecule has 1 fully saturated rings. The van der Waals surface area contributed by atoms with Gasteiger partial charge in [-0.25, -0.2) is 4.98 Å². The Hall–Kier alpha value is -4.06. The van der Waals surface area contributed by atoms with E-state index in [1.165, 1.54) is 30.7 Å². The minimum atomic E-state index is -2.75. The number of aromatic nitrogens is 3. The van der Waals surface area contributed by atoms with Crippen molar-refractivity contribution in [2.75, 3.05) is 31.3 Å². The Labute approximate surface area is 222 Å². The second-order valence-electron chi connectivity index (χ2n) is 8.36. The summed E-state index contributed by atoms with van der Waals surface area (Å²) in [5, 5.41) is 18.8. The van der Waals surface area contributed by atoms with Crippen LogP contribution in [-0.2, 0) is 4.79 Å². The van der Waals surface area contributed by atoms with Crippen LogP contribution in [-0.4, -0.2) is 53.5 Å². The van der Waals surface area contributed by atoms with E-state index in [9.17, 15) is 14.4 Å². The Morgan fingerprint density at radius 2 is 2.03 bits per heavy atom. The van der Waals surface area contributed by atoms with Gasteiger partial charge in [0.25, 0.3) is 11.8 Å². The molecule has 1 aliphatic rings. The third kappa shape index (κ3) is 6.20. The molecule has 3 aromatic rings. The van der Waals surface area contributed by atoms with Crippen molar-refractivity contribution >= 4 is 46.3 Å². The minimum absolute atomic E-state index is 0.0911. The standard InChI is InChI=1S/C25H29N7O4S/c1-4-5-11-27-23(34)18-13-28-25(37-18)15-7-6-8-16(21(15)36-3)29-17-12-19(30-22(33)14-9-10-14)31-32-20(17)24(35)26-2/h6-8,12-14H,4-5,9-11H2,1-3H3,(H,26,35)(H,27,34)(H2,29,30,31,33)/i2D3. The van der Waals surface area contributed by atoms with Crippen molar-refractivity contribution in [3.8, 4) is 16.3 Å². The van der Waals surface area contributed by atoms with Gasteiger partial charge in [0, 0.05) is 29.6 Å². The molecule has 3 amide bonds. The molecule has 2 aromatic heterocycles. The van der Waals surface area contributed by atoms with Crippen molar-refractivity contribution in [3.05, 3.63) is 41.0 Å². The van der Waals surface area contributed by atoms with Crippen LogP contribution in [0.3, 0.4) is 0 Å². The monoisotopic (exact) mass is 526 g/mol. The maximum Gasteiger partial charge on any atom is 0.273 e. The predicted molar refractivity (Wildman–Crippen MR) is 141 cm³/mol. The Morgan fingerprint density at radius 1 is 1.19 bits per heavy atom.